The van der Waals surface area contributed by atoms with Gasteiger partial charge in [-0.15, -0.1) is 0 Å². The van der Waals surface area contributed by atoms with Gasteiger partial charge in [0.25, 0.3) is 0 Å². The van der Waals surface area contributed by atoms with Gasteiger partial charge in [-0.05, 0) is 12.1 Å². The number of ether oxygens (including phenoxy) is 2. The SMILES string of the molecule is COc1ccc(NC(=O)Nc2cc(-c3ccccc3)on2)c(OC)c1. The van der Waals surface area contributed by atoms with Crippen LogP contribution in [0.1, 0.15) is 0 Å². The summed E-state index contributed by atoms with van der Waals surface area (Å²) in [5.74, 6) is 1.99. The summed E-state index contributed by atoms with van der Waals surface area (Å²) in [5, 5.41) is 9.16. The Labute approximate surface area is 144 Å². The summed E-state index contributed by atoms with van der Waals surface area (Å²) < 4.78 is 15.6. The van der Waals surface area contributed by atoms with E-state index in [1.165, 1.54) is 7.11 Å². The molecule has 0 saturated carbocycles. The third kappa shape index (κ3) is 3.89. The molecule has 3 rings (SSSR count). The topological polar surface area (TPSA) is 85.6 Å². The van der Waals surface area contributed by atoms with E-state index in [0.29, 0.717) is 28.8 Å². The first-order valence-electron chi connectivity index (χ1n) is 7.52. The minimum Gasteiger partial charge on any atom is -0.497 e. The minimum absolute atomic E-state index is 0.309. The lowest BCUT2D eigenvalue weighted by molar-refractivity contribution is 0.261. The molecule has 0 spiro atoms. The van der Waals surface area contributed by atoms with Gasteiger partial charge in [0.15, 0.2) is 11.6 Å². The van der Waals surface area contributed by atoms with Crippen molar-refractivity contribution >= 4 is 17.5 Å². The molecule has 25 heavy (non-hydrogen) atoms. The number of amides is 2. The highest BCUT2D eigenvalue weighted by Crippen LogP contribution is 2.29. The molecule has 0 radical (unpaired) electrons. The van der Waals surface area contributed by atoms with Gasteiger partial charge in [0.2, 0.25) is 0 Å². The lowest BCUT2D eigenvalue weighted by Gasteiger charge is -2.11. The van der Waals surface area contributed by atoms with Crippen LogP contribution in [0.2, 0.25) is 0 Å². The first kappa shape index (κ1) is 16.4. The standard InChI is InChI=1S/C18H17N3O4/c1-23-13-8-9-14(16(10-13)24-2)19-18(22)20-17-11-15(25-21-17)12-6-4-3-5-7-12/h3-11H,1-2H3,(H2,19,20,21,22). The second-order valence-corrected chi connectivity index (χ2v) is 5.09. The Balaban J connectivity index is 1.68. The lowest BCUT2D eigenvalue weighted by atomic mass is 10.2. The van der Waals surface area contributed by atoms with Gasteiger partial charge in [-0.1, -0.05) is 35.5 Å². The zero-order valence-corrected chi connectivity index (χ0v) is 13.8. The van der Waals surface area contributed by atoms with Crippen molar-refractivity contribution in [1.29, 1.82) is 0 Å². The van der Waals surface area contributed by atoms with Crippen LogP contribution < -0.4 is 20.1 Å². The first-order chi connectivity index (χ1) is 12.2. The molecule has 7 nitrogen and oxygen atoms in total. The summed E-state index contributed by atoms with van der Waals surface area (Å²) in [6.07, 6.45) is 0. The van der Waals surface area contributed by atoms with Gasteiger partial charge in [-0.2, -0.15) is 0 Å². The Bertz CT molecular complexity index is 862. The summed E-state index contributed by atoms with van der Waals surface area (Å²) in [6, 6.07) is 15.8. The van der Waals surface area contributed by atoms with Crippen molar-refractivity contribution < 1.29 is 18.8 Å². The molecule has 0 aliphatic carbocycles. The molecule has 0 atom stereocenters. The van der Waals surface area contributed by atoms with E-state index in [2.05, 4.69) is 15.8 Å². The van der Waals surface area contributed by atoms with Crippen LogP contribution in [-0.4, -0.2) is 25.4 Å². The van der Waals surface area contributed by atoms with Crippen LogP contribution in [0.5, 0.6) is 11.5 Å². The van der Waals surface area contributed by atoms with Crippen LogP contribution in [0.4, 0.5) is 16.3 Å². The Kier molecular flexibility index (Phi) is 4.84. The lowest BCUT2D eigenvalue weighted by Crippen LogP contribution is -2.20. The third-order valence-corrected chi connectivity index (χ3v) is 3.47. The number of hydrogen-bond acceptors (Lipinski definition) is 5. The molecule has 2 N–H and O–H groups in total. The minimum atomic E-state index is -0.462. The summed E-state index contributed by atoms with van der Waals surface area (Å²) in [6.45, 7) is 0. The fraction of sp³-hybridized carbons (Fsp3) is 0.111. The second-order valence-electron chi connectivity index (χ2n) is 5.09. The van der Waals surface area contributed by atoms with Crippen molar-refractivity contribution in [1.82, 2.24) is 5.16 Å². The number of methoxy groups -OCH3 is 2. The highest BCUT2D eigenvalue weighted by atomic mass is 16.5. The van der Waals surface area contributed by atoms with Crippen molar-refractivity contribution in [2.24, 2.45) is 0 Å². The Morgan fingerprint density at radius 2 is 1.80 bits per heavy atom. The van der Waals surface area contributed by atoms with E-state index in [0.717, 1.165) is 5.56 Å². The molecular formula is C18H17N3O4. The molecular weight excluding hydrogens is 322 g/mol. The second kappa shape index (κ2) is 7.39. The number of benzene rings is 2. The molecule has 128 valence electrons. The maximum absolute atomic E-state index is 12.2. The molecule has 7 heteroatoms. The molecule has 0 unspecified atom stereocenters. The van der Waals surface area contributed by atoms with E-state index in [9.17, 15) is 4.79 Å². The Morgan fingerprint density at radius 3 is 2.52 bits per heavy atom. The van der Waals surface area contributed by atoms with Crippen LogP contribution in [0, 0.1) is 0 Å². The highest BCUT2D eigenvalue weighted by Gasteiger charge is 2.12. The van der Waals surface area contributed by atoms with E-state index in [1.807, 2.05) is 30.3 Å². The van der Waals surface area contributed by atoms with E-state index in [-0.39, 0.29) is 0 Å². The molecule has 0 bridgehead atoms. The van der Waals surface area contributed by atoms with E-state index >= 15 is 0 Å². The molecule has 3 aromatic rings. The molecule has 1 heterocycles. The van der Waals surface area contributed by atoms with E-state index in [4.69, 9.17) is 14.0 Å². The Morgan fingerprint density at radius 1 is 1.00 bits per heavy atom. The van der Waals surface area contributed by atoms with Crippen molar-refractivity contribution in [3.63, 3.8) is 0 Å². The normalized spacial score (nSPS) is 10.2. The van der Waals surface area contributed by atoms with Gasteiger partial charge in [0.1, 0.15) is 11.5 Å². The van der Waals surface area contributed by atoms with Crippen molar-refractivity contribution in [3.8, 4) is 22.8 Å². The van der Waals surface area contributed by atoms with E-state index < -0.39 is 6.03 Å². The number of urea groups is 1. The molecule has 0 aliphatic heterocycles. The average Bonchev–Trinajstić information content (AvgIpc) is 3.11. The number of aromatic nitrogens is 1. The first-order valence-corrected chi connectivity index (χ1v) is 7.52. The Hall–Kier alpha value is -3.48. The number of rotatable bonds is 5. The molecule has 0 saturated heterocycles. The molecule has 0 aliphatic rings. The van der Waals surface area contributed by atoms with Gasteiger partial charge >= 0.3 is 6.03 Å². The van der Waals surface area contributed by atoms with Crippen LogP contribution in [-0.2, 0) is 0 Å². The number of nitrogens with zero attached hydrogens (tertiary/aromatic N) is 1. The fourth-order valence-corrected chi connectivity index (χ4v) is 2.24. The van der Waals surface area contributed by atoms with Crippen molar-refractivity contribution in [3.05, 3.63) is 54.6 Å². The fourth-order valence-electron chi connectivity index (χ4n) is 2.24. The molecule has 0 fully saturated rings. The summed E-state index contributed by atoms with van der Waals surface area (Å²) in [5.41, 5.74) is 1.38. The number of carbonyl (C=O) groups is 1. The van der Waals surface area contributed by atoms with Gasteiger partial charge in [0.05, 0.1) is 19.9 Å². The number of hydrogen-bond donors (Lipinski definition) is 2. The summed E-state index contributed by atoms with van der Waals surface area (Å²) in [4.78, 5) is 12.2. The molecule has 1 aromatic heterocycles. The summed E-state index contributed by atoms with van der Waals surface area (Å²) >= 11 is 0. The quantitative estimate of drug-likeness (QED) is 0.734. The van der Waals surface area contributed by atoms with Crippen LogP contribution in [0.15, 0.2) is 59.1 Å². The monoisotopic (exact) mass is 339 g/mol. The van der Waals surface area contributed by atoms with Crippen molar-refractivity contribution in [2.45, 2.75) is 0 Å². The van der Waals surface area contributed by atoms with Gasteiger partial charge in [-0.25, -0.2) is 4.79 Å². The molecule has 2 aromatic carbocycles. The highest BCUT2D eigenvalue weighted by molar-refractivity contribution is 6.00. The predicted octanol–water partition coefficient (Wildman–Crippen LogP) is 4.00. The van der Waals surface area contributed by atoms with Crippen LogP contribution in [0.3, 0.4) is 0 Å². The van der Waals surface area contributed by atoms with Gasteiger partial charge < -0.3 is 19.3 Å². The van der Waals surface area contributed by atoms with Crippen LogP contribution >= 0.6 is 0 Å². The van der Waals surface area contributed by atoms with Gasteiger partial charge in [-0.3, -0.25) is 5.32 Å². The average molecular weight is 339 g/mol. The summed E-state index contributed by atoms with van der Waals surface area (Å²) in [7, 11) is 3.07. The largest absolute Gasteiger partial charge is 0.497 e. The number of carbonyl (C=O) groups excluding carboxylic acids is 1. The third-order valence-electron chi connectivity index (χ3n) is 3.47. The zero-order valence-electron chi connectivity index (χ0n) is 13.8. The van der Waals surface area contributed by atoms with Crippen molar-refractivity contribution in [2.75, 3.05) is 24.9 Å². The number of nitrogens with one attached hydrogen (secondary N) is 2. The van der Waals surface area contributed by atoms with E-state index in [1.54, 1.807) is 31.4 Å². The van der Waals surface area contributed by atoms with Crippen LogP contribution in [0.25, 0.3) is 11.3 Å². The zero-order chi connectivity index (χ0) is 17.6. The maximum atomic E-state index is 12.2. The number of anilines is 2. The maximum Gasteiger partial charge on any atom is 0.325 e. The smallest absolute Gasteiger partial charge is 0.325 e. The molecule has 2 amide bonds. The van der Waals surface area contributed by atoms with Gasteiger partial charge in [0, 0.05) is 17.7 Å². The predicted molar refractivity (Wildman–Crippen MR) is 94.1 cm³/mol.